The van der Waals surface area contributed by atoms with Crippen LogP contribution in [0.3, 0.4) is 0 Å². The topological polar surface area (TPSA) is 59.7 Å². The maximum absolute atomic E-state index is 12.4. The van der Waals surface area contributed by atoms with Gasteiger partial charge < -0.3 is 14.3 Å². The average Bonchev–Trinajstić information content (AvgIpc) is 2.86. The van der Waals surface area contributed by atoms with Gasteiger partial charge >= 0.3 is 0 Å². The van der Waals surface area contributed by atoms with E-state index in [9.17, 15) is 9.90 Å². The molecule has 3 rings (SSSR count). The summed E-state index contributed by atoms with van der Waals surface area (Å²) in [7, 11) is 1.60. The summed E-state index contributed by atoms with van der Waals surface area (Å²) in [6, 6.07) is 10.5. The van der Waals surface area contributed by atoms with E-state index in [0.717, 1.165) is 28.0 Å². The molecule has 0 aliphatic heterocycles. The number of methoxy groups -OCH3 is 1. The Hall–Kier alpha value is -3.01. The molecular formula is C20H18O4. The quantitative estimate of drug-likeness (QED) is 0.560. The van der Waals surface area contributed by atoms with E-state index in [-0.39, 0.29) is 17.1 Å². The third-order valence-corrected chi connectivity index (χ3v) is 4.10. The van der Waals surface area contributed by atoms with Gasteiger partial charge in [0.1, 0.15) is 22.8 Å². The highest BCUT2D eigenvalue weighted by atomic mass is 16.5. The second-order valence-electron chi connectivity index (χ2n) is 5.62. The van der Waals surface area contributed by atoms with Gasteiger partial charge in [-0.05, 0) is 49.2 Å². The Bertz CT molecular complexity index is 930. The Morgan fingerprint density at radius 1 is 1.17 bits per heavy atom. The largest absolute Gasteiger partial charge is 0.507 e. The molecule has 4 heteroatoms. The van der Waals surface area contributed by atoms with Crippen LogP contribution >= 0.6 is 0 Å². The SMILES string of the molecule is COc1ccc(/C=C/C(=O)c2cc3c(C)c(C)oc3cc2O)cc1. The minimum Gasteiger partial charge on any atom is -0.507 e. The lowest BCUT2D eigenvalue weighted by Crippen LogP contribution is -1.95. The summed E-state index contributed by atoms with van der Waals surface area (Å²) in [5, 5.41) is 11.0. The highest BCUT2D eigenvalue weighted by Gasteiger charge is 2.14. The third-order valence-electron chi connectivity index (χ3n) is 4.10. The number of rotatable bonds is 4. The van der Waals surface area contributed by atoms with E-state index in [1.165, 1.54) is 12.1 Å². The van der Waals surface area contributed by atoms with Crippen LogP contribution in [0.5, 0.6) is 11.5 Å². The van der Waals surface area contributed by atoms with E-state index in [0.29, 0.717) is 5.58 Å². The van der Waals surface area contributed by atoms with Crippen molar-refractivity contribution in [1.29, 1.82) is 0 Å². The van der Waals surface area contributed by atoms with Crippen molar-refractivity contribution in [3.63, 3.8) is 0 Å². The molecule has 3 aromatic rings. The molecule has 0 radical (unpaired) electrons. The zero-order valence-electron chi connectivity index (χ0n) is 13.8. The van der Waals surface area contributed by atoms with Crippen LogP contribution < -0.4 is 4.74 Å². The summed E-state index contributed by atoms with van der Waals surface area (Å²) >= 11 is 0. The van der Waals surface area contributed by atoms with Crippen molar-refractivity contribution >= 4 is 22.8 Å². The van der Waals surface area contributed by atoms with Crippen molar-refractivity contribution in [2.24, 2.45) is 0 Å². The summed E-state index contributed by atoms with van der Waals surface area (Å²) in [5.74, 6) is 1.19. The van der Waals surface area contributed by atoms with Crippen LogP contribution in [-0.2, 0) is 0 Å². The van der Waals surface area contributed by atoms with Crippen LogP contribution in [0.1, 0.15) is 27.2 Å². The van der Waals surface area contributed by atoms with Crippen molar-refractivity contribution < 1.29 is 19.1 Å². The molecule has 0 aliphatic carbocycles. The molecule has 0 saturated carbocycles. The Kier molecular flexibility index (Phi) is 4.13. The molecule has 24 heavy (non-hydrogen) atoms. The fourth-order valence-corrected chi connectivity index (χ4v) is 2.55. The van der Waals surface area contributed by atoms with Gasteiger partial charge in [-0.3, -0.25) is 4.79 Å². The number of carbonyl (C=O) groups is 1. The summed E-state index contributed by atoms with van der Waals surface area (Å²) < 4.78 is 10.7. The zero-order valence-corrected chi connectivity index (χ0v) is 13.8. The first-order valence-electron chi connectivity index (χ1n) is 7.59. The van der Waals surface area contributed by atoms with Gasteiger partial charge in [-0.2, -0.15) is 0 Å². The monoisotopic (exact) mass is 322 g/mol. The van der Waals surface area contributed by atoms with Crippen LogP contribution in [-0.4, -0.2) is 18.0 Å². The van der Waals surface area contributed by atoms with Crippen LogP contribution in [0.15, 0.2) is 46.9 Å². The summed E-state index contributed by atoms with van der Waals surface area (Å²) in [5.41, 5.74) is 2.69. The van der Waals surface area contributed by atoms with Gasteiger partial charge in [0.05, 0.1) is 12.7 Å². The van der Waals surface area contributed by atoms with E-state index in [1.54, 1.807) is 19.3 Å². The number of fused-ring (bicyclic) bond motifs is 1. The predicted molar refractivity (Wildman–Crippen MR) is 93.7 cm³/mol. The number of ether oxygens (including phenoxy) is 1. The molecule has 0 bridgehead atoms. The van der Waals surface area contributed by atoms with Gasteiger partial charge in [0.25, 0.3) is 0 Å². The maximum Gasteiger partial charge on any atom is 0.189 e. The zero-order chi connectivity index (χ0) is 17.3. The number of hydrogen-bond donors (Lipinski definition) is 1. The molecule has 0 fully saturated rings. The van der Waals surface area contributed by atoms with Crippen molar-refractivity contribution in [2.45, 2.75) is 13.8 Å². The molecule has 1 N–H and O–H groups in total. The van der Waals surface area contributed by atoms with Crippen molar-refractivity contribution in [1.82, 2.24) is 0 Å². The number of allylic oxidation sites excluding steroid dienone is 1. The van der Waals surface area contributed by atoms with Crippen LogP contribution in [0.4, 0.5) is 0 Å². The molecule has 0 unspecified atom stereocenters. The highest BCUT2D eigenvalue weighted by molar-refractivity contribution is 6.10. The summed E-state index contributed by atoms with van der Waals surface area (Å²) in [4.78, 5) is 12.4. The van der Waals surface area contributed by atoms with Gasteiger partial charge in [0.2, 0.25) is 0 Å². The van der Waals surface area contributed by atoms with Gasteiger partial charge in [-0.25, -0.2) is 0 Å². The molecule has 0 atom stereocenters. The van der Waals surface area contributed by atoms with E-state index >= 15 is 0 Å². The van der Waals surface area contributed by atoms with Crippen LogP contribution in [0.2, 0.25) is 0 Å². The number of furan rings is 1. The van der Waals surface area contributed by atoms with E-state index in [1.807, 2.05) is 38.1 Å². The molecular weight excluding hydrogens is 304 g/mol. The molecule has 0 spiro atoms. The van der Waals surface area contributed by atoms with Crippen molar-refractivity contribution in [3.05, 3.63) is 64.9 Å². The Balaban J connectivity index is 1.91. The first-order valence-corrected chi connectivity index (χ1v) is 7.59. The number of ketones is 1. The number of benzene rings is 2. The second-order valence-corrected chi connectivity index (χ2v) is 5.62. The van der Waals surface area contributed by atoms with E-state index in [2.05, 4.69) is 0 Å². The molecule has 1 heterocycles. The first kappa shape index (κ1) is 15.9. The van der Waals surface area contributed by atoms with Gasteiger partial charge in [-0.1, -0.05) is 18.2 Å². The molecule has 0 amide bonds. The van der Waals surface area contributed by atoms with E-state index < -0.39 is 0 Å². The summed E-state index contributed by atoms with van der Waals surface area (Å²) in [6.07, 6.45) is 3.16. The molecule has 0 aliphatic rings. The Morgan fingerprint density at radius 2 is 1.88 bits per heavy atom. The molecule has 122 valence electrons. The molecule has 2 aromatic carbocycles. The van der Waals surface area contributed by atoms with Gasteiger partial charge in [0, 0.05) is 11.5 Å². The van der Waals surface area contributed by atoms with E-state index in [4.69, 9.17) is 9.15 Å². The minimum absolute atomic E-state index is 0.0827. The lowest BCUT2D eigenvalue weighted by molar-refractivity contribution is 0.104. The lowest BCUT2D eigenvalue weighted by atomic mass is 10.0. The number of aromatic hydroxyl groups is 1. The number of aryl methyl sites for hydroxylation is 2. The molecule has 1 aromatic heterocycles. The number of phenolic OH excluding ortho intramolecular Hbond substituents is 1. The van der Waals surface area contributed by atoms with Crippen LogP contribution in [0.25, 0.3) is 17.0 Å². The predicted octanol–water partition coefficient (Wildman–Crippen LogP) is 4.66. The highest BCUT2D eigenvalue weighted by Crippen LogP contribution is 2.31. The number of phenols is 1. The maximum atomic E-state index is 12.4. The third kappa shape index (κ3) is 2.91. The standard InChI is InChI=1S/C20H18O4/c1-12-13(2)24-20-11-19(22)17(10-16(12)20)18(21)9-6-14-4-7-15(23-3)8-5-14/h4-11,22H,1-3H3/b9-6+. The fraction of sp³-hybridized carbons (Fsp3) is 0.150. The molecule has 4 nitrogen and oxygen atoms in total. The number of hydrogen-bond acceptors (Lipinski definition) is 4. The minimum atomic E-state index is -0.261. The van der Waals surface area contributed by atoms with Crippen molar-refractivity contribution in [2.75, 3.05) is 7.11 Å². The Labute approximate surface area is 140 Å². The second kappa shape index (κ2) is 6.24. The average molecular weight is 322 g/mol. The lowest BCUT2D eigenvalue weighted by Gasteiger charge is -2.02. The Morgan fingerprint density at radius 3 is 2.54 bits per heavy atom. The van der Waals surface area contributed by atoms with Crippen molar-refractivity contribution in [3.8, 4) is 11.5 Å². The van der Waals surface area contributed by atoms with Gasteiger partial charge in [0.15, 0.2) is 5.78 Å². The normalized spacial score (nSPS) is 11.3. The smallest absolute Gasteiger partial charge is 0.189 e. The fourth-order valence-electron chi connectivity index (χ4n) is 2.55. The first-order chi connectivity index (χ1) is 11.5. The number of carbonyl (C=O) groups excluding carboxylic acids is 1. The van der Waals surface area contributed by atoms with Gasteiger partial charge in [-0.15, -0.1) is 0 Å². The molecule has 0 saturated heterocycles. The van der Waals surface area contributed by atoms with Crippen LogP contribution in [0, 0.1) is 13.8 Å². The summed E-state index contributed by atoms with van der Waals surface area (Å²) in [6.45, 7) is 3.79.